The zero-order chi connectivity index (χ0) is 13.1. The van der Waals surface area contributed by atoms with Crippen LogP contribution in [0.2, 0.25) is 0 Å². The third kappa shape index (κ3) is 2.49. The zero-order valence-corrected chi connectivity index (χ0v) is 9.89. The summed E-state index contributed by atoms with van der Waals surface area (Å²) in [6.07, 6.45) is 2.57. The third-order valence-corrected chi connectivity index (χ3v) is 3.20. The Morgan fingerprint density at radius 1 is 1.33 bits per heavy atom. The molecule has 0 radical (unpaired) electrons. The molecule has 18 heavy (non-hydrogen) atoms. The van der Waals surface area contributed by atoms with Crippen LogP contribution in [0.5, 0.6) is 0 Å². The fourth-order valence-electron chi connectivity index (χ4n) is 2.23. The van der Waals surface area contributed by atoms with Gasteiger partial charge in [-0.25, -0.2) is 10.2 Å². The number of carbonyl (C=O) groups is 3. The van der Waals surface area contributed by atoms with Crippen LogP contribution in [0.15, 0.2) is 5.10 Å². The highest BCUT2D eigenvalue weighted by Gasteiger charge is 2.34. The molecule has 2 aliphatic rings. The summed E-state index contributed by atoms with van der Waals surface area (Å²) in [4.78, 5) is 35.5. The van der Waals surface area contributed by atoms with Crippen LogP contribution in [-0.4, -0.2) is 46.1 Å². The summed E-state index contributed by atoms with van der Waals surface area (Å²) < 4.78 is 0. The molecule has 0 aromatic rings. The van der Waals surface area contributed by atoms with Crippen LogP contribution in [0.3, 0.4) is 0 Å². The van der Waals surface area contributed by atoms with E-state index in [4.69, 9.17) is 5.11 Å². The van der Waals surface area contributed by atoms with E-state index in [1.54, 1.807) is 0 Å². The fraction of sp³-hybridized carbons (Fsp3) is 0.636. The molecule has 0 aromatic heterocycles. The largest absolute Gasteiger partial charge is 0.480 e. The van der Waals surface area contributed by atoms with E-state index in [-0.39, 0.29) is 30.4 Å². The minimum Gasteiger partial charge on any atom is -0.480 e. The normalized spacial score (nSPS) is 24.2. The van der Waals surface area contributed by atoms with Gasteiger partial charge >= 0.3 is 5.97 Å². The minimum absolute atomic E-state index is 0.218. The van der Waals surface area contributed by atoms with Crippen molar-refractivity contribution >= 4 is 23.5 Å². The van der Waals surface area contributed by atoms with Crippen LogP contribution >= 0.6 is 0 Å². The minimum atomic E-state index is -0.983. The van der Waals surface area contributed by atoms with E-state index < -0.39 is 12.0 Å². The Bertz CT molecular complexity index is 419. The number of nitrogens with one attached hydrogen (secondary N) is 1. The van der Waals surface area contributed by atoms with Crippen LogP contribution < -0.4 is 5.43 Å². The molecule has 2 heterocycles. The van der Waals surface area contributed by atoms with Gasteiger partial charge in [0.15, 0.2) is 0 Å². The number of hydrazone groups is 1. The molecular formula is C11H15N3O4. The molecule has 0 aliphatic carbocycles. The van der Waals surface area contributed by atoms with Gasteiger partial charge in [-0.05, 0) is 19.3 Å². The van der Waals surface area contributed by atoms with Gasteiger partial charge in [-0.2, -0.15) is 5.10 Å². The molecule has 0 saturated carbocycles. The average Bonchev–Trinajstić information content (AvgIpc) is 2.39. The van der Waals surface area contributed by atoms with Crippen LogP contribution in [0, 0.1) is 0 Å². The molecule has 7 heteroatoms. The highest BCUT2D eigenvalue weighted by Crippen LogP contribution is 2.18. The van der Waals surface area contributed by atoms with Crippen molar-refractivity contribution < 1.29 is 19.5 Å². The predicted molar refractivity (Wildman–Crippen MR) is 61.8 cm³/mol. The molecule has 2 rings (SSSR count). The highest BCUT2D eigenvalue weighted by molar-refractivity contribution is 6.39. The number of aliphatic carboxylic acids is 1. The summed E-state index contributed by atoms with van der Waals surface area (Å²) in [5, 5.41) is 12.8. The van der Waals surface area contributed by atoms with Crippen molar-refractivity contribution in [3.8, 4) is 0 Å². The molecular weight excluding hydrogens is 238 g/mol. The van der Waals surface area contributed by atoms with E-state index in [9.17, 15) is 14.4 Å². The van der Waals surface area contributed by atoms with Crippen molar-refractivity contribution in [3.63, 3.8) is 0 Å². The van der Waals surface area contributed by atoms with E-state index in [2.05, 4.69) is 10.5 Å². The first-order chi connectivity index (χ1) is 8.59. The second-order valence-electron chi connectivity index (χ2n) is 4.44. The van der Waals surface area contributed by atoms with Crippen LogP contribution in [0.1, 0.15) is 32.1 Å². The van der Waals surface area contributed by atoms with Crippen molar-refractivity contribution in [1.82, 2.24) is 10.3 Å². The standard InChI is InChI=1S/C11H15N3O4/c15-9-5-4-7(12-13-9)10(16)14-6-2-1-3-8(14)11(17)18/h8H,1-6H2,(H,13,15)(H,17,18)/t8-/m0/s1. The lowest BCUT2D eigenvalue weighted by atomic mass is 10.0. The Hall–Kier alpha value is -1.92. The van der Waals surface area contributed by atoms with Gasteiger partial charge in [0, 0.05) is 19.4 Å². The van der Waals surface area contributed by atoms with Gasteiger partial charge in [0.05, 0.1) is 0 Å². The Labute approximate surface area is 104 Å². The molecule has 1 saturated heterocycles. The van der Waals surface area contributed by atoms with Crippen LogP contribution in [-0.2, 0) is 14.4 Å². The van der Waals surface area contributed by atoms with Gasteiger partial charge in [0.2, 0.25) is 5.91 Å². The molecule has 98 valence electrons. The maximum atomic E-state index is 12.2. The molecule has 2 aliphatic heterocycles. The lowest BCUT2D eigenvalue weighted by molar-refractivity contribution is -0.149. The number of hydrogen-bond donors (Lipinski definition) is 2. The number of carboxylic acids is 1. The molecule has 2 amide bonds. The third-order valence-electron chi connectivity index (χ3n) is 3.20. The lowest BCUT2D eigenvalue weighted by Gasteiger charge is -2.33. The molecule has 0 unspecified atom stereocenters. The number of piperidine rings is 1. The first kappa shape index (κ1) is 12.5. The van der Waals surface area contributed by atoms with E-state index in [0.717, 1.165) is 12.8 Å². The Balaban J connectivity index is 2.11. The monoisotopic (exact) mass is 253 g/mol. The molecule has 7 nitrogen and oxygen atoms in total. The van der Waals surface area contributed by atoms with Gasteiger partial charge < -0.3 is 10.0 Å². The number of carbonyl (C=O) groups excluding carboxylic acids is 2. The van der Waals surface area contributed by atoms with Gasteiger partial charge in [-0.1, -0.05) is 0 Å². The topological polar surface area (TPSA) is 99.1 Å². The zero-order valence-electron chi connectivity index (χ0n) is 9.89. The molecule has 1 fully saturated rings. The SMILES string of the molecule is O=C1CCC(C(=O)N2CCCC[C@H]2C(=O)O)=NN1. The number of carboxylic acid groups (broad SMARTS) is 1. The Morgan fingerprint density at radius 3 is 2.72 bits per heavy atom. The lowest BCUT2D eigenvalue weighted by Crippen LogP contribution is -2.51. The number of hydrogen-bond acceptors (Lipinski definition) is 4. The quantitative estimate of drug-likeness (QED) is 0.706. The second kappa shape index (κ2) is 5.16. The van der Waals surface area contributed by atoms with Crippen molar-refractivity contribution in [1.29, 1.82) is 0 Å². The summed E-state index contributed by atoms with van der Waals surface area (Å²) in [5.74, 6) is -1.58. The smallest absolute Gasteiger partial charge is 0.326 e. The average molecular weight is 253 g/mol. The summed E-state index contributed by atoms with van der Waals surface area (Å²) in [7, 11) is 0. The molecule has 2 N–H and O–H groups in total. The van der Waals surface area contributed by atoms with E-state index in [1.165, 1.54) is 4.90 Å². The highest BCUT2D eigenvalue weighted by atomic mass is 16.4. The van der Waals surface area contributed by atoms with Gasteiger partial charge in [0.1, 0.15) is 11.8 Å². The Kier molecular flexibility index (Phi) is 3.59. The van der Waals surface area contributed by atoms with Crippen molar-refractivity contribution in [2.45, 2.75) is 38.1 Å². The first-order valence-corrected chi connectivity index (χ1v) is 5.99. The van der Waals surface area contributed by atoms with Crippen LogP contribution in [0.4, 0.5) is 0 Å². The summed E-state index contributed by atoms with van der Waals surface area (Å²) in [5.41, 5.74) is 2.49. The number of rotatable bonds is 2. The maximum absolute atomic E-state index is 12.2. The molecule has 1 atom stereocenters. The summed E-state index contributed by atoms with van der Waals surface area (Å²) in [6, 6.07) is -0.772. The molecule has 0 aromatic carbocycles. The first-order valence-electron chi connectivity index (χ1n) is 5.99. The summed E-state index contributed by atoms with van der Waals surface area (Å²) in [6.45, 7) is 0.433. The second-order valence-corrected chi connectivity index (χ2v) is 4.44. The molecule has 0 bridgehead atoms. The van der Waals surface area contributed by atoms with E-state index in [0.29, 0.717) is 13.0 Å². The number of amides is 2. The van der Waals surface area contributed by atoms with E-state index in [1.807, 2.05) is 0 Å². The van der Waals surface area contributed by atoms with Gasteiger partial charge in [0.25, 0.3) is 5.91 Å². The fourth-order valence-corrected chi connectivity index (χ4v) is 2.23. The van der Waals surface area contributed by atoms with Crippen LogP contribution in [0.25, 0.3) is 0 Å². The van der Waals surface area contributed by atoms with Gasteiger partial charge in [-0.3, -0.25) is 9.59 Å². The predicted octanol–water partition coefficient (Wildman–Crippen LogP) is -0.282. The molecule has 0 spiro atoms. The number of likely N-dealkylation sites (tertiary alicyclic amines) is 1. The Morgan fingerprint density at radius 2 is 2.11 bits per heavy atom. The maximum Gasteiger partial charge on any atom is 0.326 e. The van der Waals surface area contributed by atoms with E-state index >= 15 is 0 Å². The van der Waals surface area contributed by atoms with Crippen molar-refractivity contribution in [3.05, 3.63) is 0 Å². The summed E-state index contributed by atoms with van der Waals surface area (Å²) >= 11 is 0. The van der Waals surface area contributed by atoms with Gasteiger partial charge in [-0.15, -0.1) is 0 Å². The number of nitrogens with zero attached hydrogens (tertiary/aromatic N) is 2. The van der Waals surface area contributed by atoms with Crippen molar-refractivity contribution in [2.24, 2.45) is 5.10 Å². The van der Waals surface area contributed by atoms with Crippen molar-refractivity contribution in [2.75, 3.05) is 6.54 Å².